The van der Waals surface area contributed by atoms with Crippen molar-refractivity contribution in [3.05, 3.63) is 45.3 Å². The minimum Gasteiger partial charge on any atom is -0.383 e. The summed E-state index contributed by atoms with van der Waals surface area (Å²) >= 11 is 5.82. The standard InChI is InChI=1S/C15H17ClN4O3/c1-23-9-8-17-13(21)7-6-12-15(22)18-14(20-19-12)10-2-4-11(16)5-3-10/h2-5H,6-9H2,1H3,(H,17,21)(H,18,20,22). The second-order valence-electron chi connectivity index (χ2n) is 4.80. The summed E-state index contributed by atoms with van der Waals surface area (Å²) < 4.78 is 4.84. The molecule has 0 aliphatic carbocycles. The first kappa shape index (κ1) is 17.1. The highest BCUT2D eigenvalue weighted by Crippen LogP contribution is 2.16. The fourth-order valence-electron chi connectivity index (χ4n) is 1.87. The first-order valence-corrected chi connectivity index (χ1v) is 7.45. The van der Waals surface area contributed by atoms with E-state index in [0.29, 0.717) is 29.6 Å². The maximum Gasteiger partial charge on any atom is 0.273 e. The third-order valence-electron chi connectivity index (χ3n) is 3.10. The summed E-state index contributed by atoms with van der Waals surface area (Å²) in [6.45, 7) is 0.884. The molecule has 0 spiro atoms. The molecule has 1 aromatic heterocycles. The van der Waals surface area contributed by atoms with E-state index in [4.69, 9.17) is 16.3 Å². The Morgan fingerprint density at radius 1 is 1.30 bits per heavy atom. The van der Waals surface area contributed by atoms with Crippen LogP contribution in [0.2, 0.25) is 5.02 Å². The van der Waals surface area contributed by atoms with Gasteiger partial charge < -0.3 is 15.0 Å². The molecule has 0 aliphatic heterocycles. The molecule has 0 fully saturated rings. The Hall–Kier alpha value is -2.25. The normalized spacial score (nSPS) is 10.5. The van der Waals surface area contributed by atoms with Gasteiger partial charge >= 0.3 is 0 Å². The predicted octanol–water partition coefficient (Wildman–Crippen LogP) is 1.18. The molecule has 2 aromatic rings. The van der Waals surface area contributed by atoms with Gasteiger partial charge in [0.15, 0.2) is 5.82 Å². The van der Waals surface area contributed by atoms with Gasteiger partial charge in [0.2, 0.25) is 5.91 Å². The molecule has 0 saturated carbocycles. The van der Waals surface area contributed by atoms with Gasteiger partial charge in [-0.25, -0.2) is 0 Å². The van der Waals surface area contributed by atoms with Crippen molar-refractivity contribution >= 4 is 17.5 Å². The molecule has 0 aliphatic rings. The number of hydrogen-bond donors (Lipinski definition) is 2. The number of nitrogens with zero attached hydrogens (tertiary/aromatic N) is 2. The number of carbonyl (C=O) groups is 1. The molecule has 0 atom stereocenters. The molecule has 23 heavy (non-hydrogen) atoms. The molecule has 0 saturated heterocycles. The van der Waals surface area contributed by atoms with Gasteiger partial charge in [-0.3, -0.25) is 9.59 Å². The maximum atomic E-state index is 12.0. The van der Waals surface area contributed by atoms with Crippen molar-refractivity contribution in [1.29, 1.82) is 0 Å². The van der Waals surface area contributed by atoms with E-state index in [-0.39, 0.29) is 30.0 Å². The zero-order valence-corrected chi connectivity index (χ0v) is 13.4. The lowest BCUT2D eigenvalue weighted by Crippen LogP contribution is -2.28. The van der Waals surface area contributed by atoms with Crippen LogP contribution in [0.4, 0.5) is 0 Å². The number of nitrogens with one attached hydrogen (secondary N) is 2. The number of halogens is 1. The van der Waals surface area contributed by atoms with Gasteiger partial charge in [0.1, 0.15) is 5.69 Å². The molecule has 2 N–H and O–H groups in total. The van der Waals surface area contributed by atoms with Crippen molar-refractivity contribution in [3.8, 4) is 11.4 Å². The smallest absolute Gasteiger partial charge is 0.273 e. The van der Waals surface area contributed by atoms with Crippen LogP contribution < -0.4 is 10.9 Å². The third-order valence-corrected chi connectivity index (χ3v) is 3.35. The van der Waals surface area contributed by atoms with Gasteiger partial charge in [0.25, 0.3) is 5.56 Å². The van der Waals surface area contributed by atoms with E-state index in [9.17, 15) is 9.59 Å². The molecule has 1 aromatic carbocycles. The van der Waals surface area contributed by atoms with Crippen molar-refractivity contribution in [3.63, 3.8) is 0 Å². The average molecular weight is 337 g/mol. The van der Waals surface area contributed by atoms with E-state index < -0.39 is 0 Å². The van der Waals surface area contributed by atoms with Crippen LogP contribution >= 0.6 is 11.6 Å². The predicted molar refractivity (Wildman–Crippen MR) is 86.3 cm³/mol. The molecule has 1 amide bonds. The molecule has 7 nitrogen and oxygen atoms in total. The summed E-state index contributed by atoms with van der Waals surface area (Å²) in [6, 6.07) is 6.89. The molecule has 0 bridgehead atoms. The topological polar surface area (TPSA) is 97.0 Å². The Labute approximate surface area is 138 Å². The van der Waals surface area contributed by atoms with Crippen molar-refractivity contribution in [1.82, 2.24) is 20.5 Å². The number of carbonyl (C=O) groups excluding carboxylic acids is 1. The van der Waals surface area contributed by atoms with Crippen LogP contribution in [0.3, 0.4) is 0 Å². The quantitative estimate of drug-likeness (QED) is 0.740. The van der Waals surface area contributed by atoms with Crippen LogP contribution in [-0.2, 0) is 16.0 Å². The maximum absolute atomic E-state index is 12.0. The lowest BCUT2D eigenvalue weighted by Gasteiger charge is -2.04. The van der Waals surface area contributed by atoms with Gasteiger partial charge in [-0.2, -0.15) is 0 Å². The number of amides is 1. The highest BCUT2D eigenvalue weighted by molar-refractivity contribution is 6.30. The van der Waals surface area contributed by atoms with Gasteiger partial charge in [0, 0.05) is 37.1 Å². The Morgan fingerprint density at radius 3 is 2.70 bits per heavy atom. The van der Waals surface area contributed by atoms with Crippen molar-refractivity contribution in [2.75, 3.05) is 20.3 Å². The fourth-order valence-corrected chi connectivity index (χ4v) is 2.00. The number of H-pyrrole nitrogens is 1. The van der Waals surface area contributed by atoms with Crippen molar-refractivity contribution in [2.45, 2.75) is 12.8 Å². The van der Waals surface area contributed by atoms with Gasteiger partial charge in [-0.1, -0.05) is 11.6 Å². The Morgan fingerprint density at radius 2 is 2.04 bits per heavy atom. The lowest BCUT2D eigenvalue weighted by molar-refractivity contribution is -0.121. The van der Waals surface area contributed by atoms with E-state index in [1.807, 2.05) is 0 Å². The molecule has 1 heterocycles. The Kier molecular flexibility index (Phi) is 6.25. The average Bonchev–Trinajstić information content (AvgIpc) is 2.54. The summed E-state index contributed by atoms with van der Waals surface area (Å²) in [4.78, 5) is 26.3. The highest BCUT2D eigenvalue weighted by Gasteiger charge is 2.09. The molecule has 8 heteroatoms. The molecular weight excluding hydrogens is 320 g/mol. The SMILES string of the molecule is COCCNC(=O)CCc1nnc(-c2ccc(Cl)cc2)[nH]c1=O. The Balaban J connectivity index is 1.98. The van der Waals surface area contributed by atoms with E-state index >= 15 is 0 Å². The summed E-state index contributed by atoms with van der Waals surface area (Å²) in [5.41, 5.74) is 0.585. The first-order valence-electron chi connectivity index (χ1n) is 7.07. The number of aromatic amines is 1. The Bertz CT molecular complexity index is 715. The summed E-state index contributed by atoms with van der Waals surface area (Å²) in [6.07, 6.45) is 0.393. The van der Waals surface area contributed by atoms with Gasteiger partial charge in [-0.05, 0) is 24.3 Å². The largest absolute Gasteiger partial charge is 0.383 e. The molecule has 122 valence electrons. The van der Waals surface area contributed by atoms with E-state index in [1.54, 1.807) is 31.4 Å². The number of aromatic nitrogens is 3. The van der Waals surface area contributed by atoms with Crippen molar-refractivity contribution < 1.29 is 9.53 Å². The van der Waals surface area contributed by atoms with Crippen molar-refractivity contribution in [2.24, 2.45) is 0 Å². The number of ether oxygens (including phenoxy) is 1. The molecule has 0 unspecified atom stereocenters. The second kappa shape index (κ2) is 8.40. The number of rotatable bonds is 7. The fraction of sp³-hybridized carbons (Fsp3) is 0.333. The molecule has 0 radical (unpaired) electrons. The number of aryl methyl sites for hydroxylation is 1. The number of benzene rings is 1. The van der Waals surface area contributed by atoms with Crippen LogP contribution in [0, 0.1) is 0 Å². The van der Waals surface area contributed by atoms with Gasteiger partial charge in [0.05, 0.1) is 6.61 Å². The van der Waals surface area contributed by atoms with E-state index in [1.165, 1.54) is 0 Å². The molecule has 2 rings (SSSR count). The third kappa shape index (κ3) is 5.15. The van der Waals surface area contributed by atoms with Gasteiger partial charge in [-0.15, -0.1) is 10.2 Å². The van der Waals surface area contributed by atoms with Crippen LogP contribution in [0.1, 0.15) is 12.1 Å². The monoisotopic (exact) mass is 336 g/mol. The summed E-state index contributed by atoms with van der Waals surface area (Å²) in [7, 11) is 1.56. The van der Waals surface area contributed by atoms with Crippen LogP contribution in [0.25, 0.3) is 11.4 Å². The molecular formula is C15H17ClN4O3. The van der Waals surface area contributed by atoms with E-state index in [0.717, 1.165) is 0 Å². The second-order valence-corrected chi connectivity index (χ2v) is 5.24. The minimum atomic E-state index is -0.352. The van der Waals surface area contributed by atoms with Crippen LogP contribution in [-0.4, -0.2) is 41.3 Å². The number of hydrogen-bond acceptors (Lipinski definition) is 5. The van der Waals surface area contributed by atoms with Crippen LogP contribution in [0.15, 0.2) is 29.1 Å². The lowest BCUT2D eigenvalue weighted by atomic mass is 10.2. The zero-order valence-electron chi connectivity index (χ0n) is 12.6. The van der Waals surface area contributed by atoms with Crippen LogP contribution in [0.5, 0.6) is 0 Å². The van der Waals surface area contributed by atoms with E-state index in [2.05, 4.69) is 20.5 Å². The first-order chi connectivity index (χ1) is 11.1. The summed E-state index contributed by atoms with van der Waals surface area (Å²) in [5.74, 6) is 0.199. The number of methoxy groups -OCH3 is 1. The highest BCUT2D eigenvalue weighted by atomic mass is 35.5. The minimum absolute atomic E-state index is 0.162. The zero-order chi connectivity index (χ0) is 16.7. The summed E-state index contributed by atoms with van der Waals surface area (Å²) in [5, 5.41) is 11.2.